The third-order valence-corrected chi connectivity index (χ3v) is 11.9. The predicted octanol–water partition coefficient (Wildman–Crippen LogP) is 3.00. The van der Waals surface area contributed by atoms with Crippen LogP contribution in [0.2, 0.25) is 0 Å². The Bertz CT molecular complexity index is 1980. The minimum absolute atomic E-state index is 0.102. The number of thioether (sulfide) groups is 2. The summed E-state index contributed by atoms with van der Waals surface area (Å²) in [4.78, 5) is 60.6. The van der Waals surface area contributed by atoms with Gasteiger partial charge in [-0.05, 0) is 55.3 Å². The number of aliphatic hydroxyl groups is 2. The lowest BCUT2D eigenvalue weighted by molar-refractivity contribution is -0.148. The van der Waals surface area contributed by atoms with Gasteiger partial charge in [-0.25, -0.2) is 0 Å². The Balaban J connectivity index is 1.16. The zero-order valence-corrected chi connectivity index (χ0v) is 31.9. The largest absolute Gasteiger partial charge is 0.483 e. The van der Waals surface area contributed by atoms with Crippen LogP contribution in [-0.4, -0.2) is 103 Å². The molecule has 1 aromatic heterocycles. The Kier molecular flexibility index (Phi) is 12.5. The molecule has 4 aromatic rings. The molecule has 2 aliphatic rings. The molecule has 6 rings (SSSR count). The molecule has 0 saturated carbocycles. The predicted molar refractivity (Wildman–Crippen MR) is 210 cm³/mol. The zero-order valence-electron chi connectivity index (χ0n) is 30.3. The van der Waals surface area contributed by atoms with Crippen molar-refractivity contribution in [2.45, 2.75) is 67.8 Å². The first-order valence-electron chi connectivity index (χ1n) is 17.7. The second kappa shape index (κ2) is 17.2. The highest BCUT2D eigenvalue weighted by molar-refractivity contribution is 8.00. The first kappa shape index (κ1) is 39.1. The molecule has 12 nitrogen and oxygen atoms in total. The number of aliphatic hydroxyl groups excluding tert-OH is 2. The van der Waals surface area contributed by atoms with Gasteiger partial charge in [0.2, 0.25) is 11.8 Å². The molecule has 2 heterocycles. The highest BCUT2D eigenvalue weighted by Crippen LogP contribution is 2.41. The molecule has 3 aromatic carbocycles. The van der Waals surface area contributed by atoms with Gasteiger partial charge in [-0.1, -0.05) is 66.7 Å². The molecule has 1 fully saturated rings. The highest BCUT2D eigenvalue weighted by Gasteiger charge is 2.51. The van der Waals surface area contributed by atoms with Gasteiger partial charge >= 0.3 is 0 Å². The monoisotopic (exact) mass is 771 g/mol. The second-order valence-electron chi connectivity index (χ2n) is 14.0. The van der Waals surface area contributed by atoms with E-state index in [1.807, 2.05) is 74.5 Å². The summed E-state index contributed by atoms with van der Waals surface area (Å²) in [5, 5.41) is 32.8. The Labute approximate surface area is 322 Å². The van der Waals surface area contributed by atoms with Crippen LogP contribution in [0.4, 0.5) is 0 Å². The van der Waals surface area contributed by atoms with Crippen molar-refractivity contribution in [2.75, 3.05) is 24.5 Å². The summed E-state index contributed by atoms with van der Waals surface area (Å²) in [6.45, 7) is 3.38. The van der Waals surface area contributed by atoms with E-state index >= 15 is 0 Å². The number of fused-ring (bicyclic) bond motifs is 2. The highest BCUT2D eigenvalue weighted by atomic mass is 32.2. The molecular formula is C40H45N5O7S2. The smallest absolute Gasteiger partial charge is 0.258 e. The van der Waals surface area contributed by atoms with Crippen LogP contribution >= 0.6 is 23.5 Å². The van der Waals surface area contributed by atoms with E-state index in [-0.39, 0.29) is 24.7 Å². The van der Waals surface area contributed by atoms with Gasteiger partial charge in [0.1, 0.15) is 17.8 Å². The fourth-order valence-corrected chi connectivity index (χ4v) is 8.78. The standard InChI is InChI=1S/C40H45N5O7S2/c1-40(2)36(38(50)44-34-28-14-8-7-12-25(28)19-31(34)46)45(23-54-40)39(51)35(48)29(18-24-10-5-4-6-11-24)43-37(49)30(22-53-3)42-33(47)21-52-32-15-9-13-26-20-41-17-16-27(26)32/h4-17,20,29-31,34-36,46,48H,18-19,21-23H2,1-3H3,(H,42,47)(H,43,49)(H,44,50)/t29-,30-,31+,34-,35-,36+/m0/s1. The SMILES string of the molecule is CSC[C@H](NC(=O)COc1cccc2cnccc12)C(=O)N[C@@H](Cc1ccccc1)[C@H](O)C(=O)N1CSC(C)(C)[C@H]1C(=O)N[C@H]1c2ccccc2C[C@H]1O. The van der Waals surface area contributed by atoms with Crippen LogP contribution in [0.5, 0.6) is 5.75 Å². The maximum absolute atomic E-state index is 14.2. The summed E-state index contributed by atoms with van der Waals surface area (Å²) in [6, 6.07) is 20.2. The molecule has 4 amide bonds. The van der Waals surface area contributed by atoms with Gasteiger partial charge in [-0.15, -0.1) is 11.8 Å². The molecule has 1 saturated heterocycles. The van der Waals surface area contributed by atoms with E-state index in [2.05, 4.69) is 20.9 Å². The Hall–Kier alpha value is -4.63. The maximum Gasteiger partial charge on any atom is 0.258 e. The van der Waals surface area contributed by atoms with Crippen molar-refractivity contribution >= 4 is 57.9 Å². The van der Waals surface area contributed by atoms with E-state index in [1.165, 1.54) is 28.4 Å². The average molecular weight is 772 g/mol. The minimum atomic E-state index is -1.73. The van der Waals surface area contributed by atoms with Crippen molar-refractivity contribution in [2.24, 2.45) is 0 Å². The molecule has 1 aliphatic carbocycles. The first-order valence-corrected chi connectivity index (χ1v) is 20.1. The molecule has 0 bridgehead atoms. The number of pyridine rings is 1. The van der Waals surface area contributed by atoms with Crippen LogP contribution in [0.1, 0.15) is 36.6 Å². The third kappa shape index (κ3) is 8.84. The Morgan fingerprint density at radius 2 is 1.78 bits per heavy atom. The van der Waals surface area contributed by atoms with Crippen LogP contribution < -0.4 is 20.7 Å². The fraction of sp³-hybridized carbons (Fsp3) is 0.375. The third-order valence-electron chi connectivity index (χ3n) is 9.82. The van der Waals surface area contributed by atoms with Crippen LogP contribution in [0.15, 0.2) is 91.3 Å². The van der Waals surface area contributed by atoms with Crippen molar-refractivity contribution < 1.29 is 34.1 Å². The molecule has 14 heteroatoms. The van der Waals surface area contributed by atoms with Gasteiger partial charge in [-0.2, -0.15) is 11.8 Å². The van der Waals surface area contributed by atoms with Gasteiger partial charge in [0.15, 0.2) is 12.7 Å². The molecule has 284 valence electrons. The topological polar surface area (TPSA) is 170 Å². The number of amides is 4. The van der Waals surface area contributed by atoms with Gasteiger partial charge < -0.3 is 35.8 Å². The van der Waals surface area contributed by atoms with E-state index in [0.29, 0.717) is 12.2 Å². The molecular weight excluding hydrogens is 727 g/mol. The summed E-state index contributed by atoms with van der Waals surface area (Å²) in [5.74, 6) is -1.41. The summed E-state index contributed by atoms with van der Waals surface area (Å²) in [6.07, 6.45) is 3.09. The number of ether oxygens (including phenoxy) is 1. The molecule has 6 atom stereocenters. The normalized spacial score (nSPS) is 20.4. The van der Waals surface area contributed by atoms with Gasteiger partial charge in [0.25, 0.3) is 11.8 Å². The lowest BCUT2D eigenvalue weighted by Gasteiger charge is -2.34. The maximum atomic E-state index is 14.2. The van der Waals surface area contributed by atoms with Crippen molar-refractivity contribution in [3.8, 4) is 5.75 Å². The van der Waals surface area contributed by atoms with E-state index in [0.717, 1.165) is 27.5 Å². The number of hydrogen-bond donors (Lipinski definition) is 5. The van der Waals surface area contributed by atoms with Gasteiger partial charge in [-0.3, -0.25) is 24.2 Å². The quantitative estimate of drug-likeness (QED) is 0.129. The fourth-order valence-electron chi connectivity index (χ4n) is 7.08. The zero-order chi connectivity index (χ0) is 38.4. The molecule has 0 unspecified atom stereocenters. The number of carbonyl (C=O) groups is 4. The lowest BCUT2D eigenvalue weighted by atomic mass is 9.96. The van der Waals surface area contributed by atoms with E-state index in [9.17, 15) is 29.4 Å². The van der Waals surface area contributed by atoms with Crippen molar-refractivity contribution in [3.05, 3.63) is 108 Å². The molecule has 0 radical (unpaired) electrons. The molecule has 0 spiro atoms. The Morgan fingerprint density at radius 3 is 2.56 bits per heavy atom. The van der Waals surface area contributed by atoms with E-state index < -0.39 is 64.8 Å². The van der Waals surface area contributed by atoms with Crippen molar-refractivity contribution in [1.82, 2.24) is 25.8 Å². The molecule has 1 aliphatic heterocycles. The Morgan fingerprint density at radius 1 is 1.02 bits per heavy atom. The number of benzene rings is 3. The number of nitrogens with one attached hydrogen (secondary N) is 3. The minimum Gasteiger partial charge on any atom is -0.483 e. The van der Waals surface area contributed by atoms with E-state index in [4.69, 9.17) is 4.74 Å². The molecule has 5 N–H and O–H groups in total. The van der Waals surface area contributed by atoms with Crippen molar-refractivity contribution in [1.29, 1.82) is 0 Å². The summed E-state index contributed by atoms with van der Waals surface area (Å²) in [7, 11) is 0. The van der Waals surface area contributed by atoms with Crippen LogP contribution in [0.25, 0.3) is 10.8 Å². The first-order chi connectivity index (χ1) is 26.0. The number of rotatable bonds is 14. The van der Waals surface area contributed by atoms with Crippen molar-refractivity contribution in [3.63, 3.8) is 0 Å². The lowest BCUT2D eigenvalue weighted by Crippen LogP contribution is -2.60. The number of carbonyl (C=O) groups excluding carboxylic acids is 4. The van der Waals surface area contributed by atoms with E-state index in [1.54, 1.807) is 36.8 Å². The van der Waals surface area contributed by atoms with Gasteiger partial charge in [0.05, 0.1) is 24.1 Å². The van der Waals surface area contributed by atoms with Gasteiger partial charge in [0, 0.05) is 40.1 Å². The number of nitrogens with zero attached hydrogens (tertiary/aromatic N) is 2. The van der Waals surface area contributed by atoms with Crippen LogP contribution in [-0.2, 0) is 32.0 Å². The van der Waals surface area contributed by atoms with Crippen LogP contribution in [0.3, 0.4) is 0 Å². The van der Waals surface area contributed by atoms with Crippen LogP contribution in [0, 0.1) is 0 Å². The second-order valence-corrected chi connectivity index (χ2v) is 16.5. The summed E-state index contributed by atoms with van der Waals surface area (Å²) >= 11 is 2.75. The number of aromatic nitrogens is 1. The molecule has 54 heavy (non-hydrogen) atoms. The average Bonchev–Trinajstić information content (AvgIpc) is 3.67. The summed E-state index contributed by atoms with van der Waals surface area (Å²) < 4.78 is 5.10. The number of hydrogen-bond acceptors (Lipinski definition) is 10. The summed E-state index contributed by atoms with van der Waals surface area (Å²) in [5.41, 5.74) is 2.54.